The Hall–Kier alpha value is -1.31. The Morgan fingerprint density at radius 3 is 2.53 bits per heavy atom. The van der Waals surface area contributed by atoms with Gasteiger partial charge in [0, 0.05) is 27.0 Å². The molecule has 0 atom stereocenters. The van der Waals surface area contributed by atoms with E-state index in [4.69, 9.17) is 5.26 Å². The third-order valence-corrected chi connectivity index (χ3v) is 4.67. The predicted molar refractivity (Wildman–Crippen MR) is 84.4 cm³/mol. The van der Waals surface area contributed by atoms with Gasteiger partial charge in [-0.05, 0) is 53.5 Å². The Bertz CT molecular complexity index is 593. The first-order valence-electron chi connectivity index (χ1n) is 6.00. The van der Waals surface area contributed by atoms with Crippen LogP contribution in [-0.4, -0.2) is 0 Å². The van der Waals surface area contributed by atoms with Gasteiger partial charge in [-0.25, -0.2) is 0 Å². The summed E-state index contributed by atoms with van der Waals surface area (Å²) in [6.45, 7) is 4.68. The van der Waals surface area contributed by atoms with Crippen molar-refractivity contribution in [3.8, 4) is 6.07 Å². The van der Waals surface area contributed by atoms with Crippen LogP contribution in [0, 0.1) is 11.3 Å². The quantitative estimate of drug-likeness (QED) is 0.860. The molecule has 19 heavy (non-hydrogen) atoms. The van der Waals surface area contributed by atoms with Crippen molar-refractivity contribution >= 4 is 33.0 Å². The lowest BCUT2D eigenvalue weighted by Gasteiger charge is -2.16. The number of rotatable bonds is 4. The van der Waals surface area contributed by atoms with Gasteiger partial charge < -0.3 is 5.32 Å². The van der Waals surface area contributed by atoms with Crippen LogP contribution in [0.5, 0.6) is 0 Å². The first kappa shape index (κ1) is 14.1. The van der Waals surface area contributed by atoms with Gasteiger partial charge in [-0.2, -0.15) is 5.26 Å². The summed E-state index contributed by atoms with van der Waals surface area (Å²) < 4.78 is 1.13. The summed E-state index contributed by atoms with van der Waals surface area (Å²) in [5.41, 5.74) is 1.68. The van der Waals surface area contributed by atoms with E-state index in [0.29, 0.717) is 0 Å². The Kier molecular flexibility index (Phi) is 4.28. The van der Waals surface area contributed by atoms with Crippen molar-refractivity contribution < 1.29 is 0 Å². The van der Waals surface area contributed by atoms with E-state index in [0.717, 1.165) is 22.3 Å². The fraction of sp³-hybridized carbons (Fsp3) is 0.267. The van der Waals surface area contributed by atoms with Gasteiger partial charge in [-0.3, -0.25) is 0 Å². The first-order valence-corrected chi connectivity index (χ1v) is 7.67. The zero-order valence-electron chi connectivity index (χ0n) is 10.9. The molecule has 0 unspecified atom stereocenters. The average Bonchev–Trinajstić information content (AvgIpc) is 2.83. The molecule has 98 valence electrons. The van der Waals surface area contributed by atoms with Crippen LogP contribution in [0.4, 0.5) is 5.69 Å². The molecular formula is C15H15BrN2S. The van der Waals surface area contributed by atoms with Gasteiger partial charge in [-0.15, -0.1) is 11.3 Å². The number of thiophene rings is 1. The van der Waals surface area contributed by atoms with E-state index in [2.05, 4.69) is 38.8 Å². The normalized spacial score (nSPS) is 11.1. The highest BCUT2D eigenvalue weighted by atomic mass is 79.9. The molecule has 0 aliphatic rings. The molecule has 0 radical (unpaired) electrons. The topological polar surface area (TPSA) is 35.8 Å². The molecule has 0 amide bonds. The molecule has 2 nitrogen and oxygen atoms in total. The average molecular weight is 335 g/mol. The highest BCUT2D eigenvalue weighted by Gasteiger charge is 2.18. The molecule has 0 aliphatic heterocycles. The number of hydrogen-bond acceptors (Lipinski definition) is 3. The van der Waals surface area contributed by atoms with Crippen molar-refractivity contribution in [2.24, 2.45) is 0 Å². The van der Waals surface area contributed by atoms with E-state index < -0.39 is 5.41 Å². The molecule has 0 fully saturated rings. The van der Waals surface area contributed by atoms with E-state index in [1.54, 1.807) is 11.3 Å². The Labute approximate surface area is 126 Å². The Balaban J connectivity index is 2.02. The number of hydrogen-bond donors (Lipinski definition) is 1. The molecule has 1 aromatic heterocycles. The van der Waals surface area contributed by atoms with Crippen molar-refractivity contribution in [1.82, 2.24) is 0 Å². The molecule has 2 rings (SSSR count). The Morgan fingerprint density at radius 2 is 2.00 bits per heavy atom. The standard InChI is InChI=1S/C15H15BrN2S/c1-15(2,10-17)11-3-5-13(6-4-11)18-8-14-7-12(16)9-19-14/h3-7,9,18H,8H2,1-2H3. The molecule has 0 aliphatic carbocycles. The first-order chi connectivity index (χ1) is 9.01. The molecular weight excluding hydrogens is 320 g/mol. The van der Waals surface area contributed by atoms with Crippen LogP contribution in [0.15, 0.2) is 40.2 Å². The fourth-order valence-electron chi connectivity index (χ4n) is 1.70. The van der Waals surface area contributed by atoms with Crippen LogP contribution in [-0.2, 0) is 12.0 Å². The lowest BCUT2D eigenvalue weighted by atomic mass is 9.86. The zero-order valence-corrected chi connectivity index (χ0v) is 13.3. The van der Waals surface area contributed by atoms with E-state index in [-0.39, 0.29) is 0 Å². The molecule has 4 heteroatoms. The van der Waals surface area contributed by atoms with Gasteiger partial charge in [0.2, 0.25) is 0 Å². The van der Waals surface area contributed by atoms with Gasteiger partial charge in [0.25, 0.3) is 0 Å². The summed E-state index contributed by atoms with van der Waals surface area (Å²) in [6.07, 6.45) is 0. The van der Waals surface area contributed by atoms with Gasteiger partial charge in [0.05, 0.1) is 11.5 Å². The van der Waals surface area contributed by atoms with Crippen LogP contribution in [0.2, 0.25) is 0 Å². The summed E-state index contributed by atoms with van der Waals surface area (Å²) in [5, 5.41) is 14.6. The van der Waals surface area contributed by atoms with Crippen LogP contribution in [0.25, 0.3) is 0 Å². The third-order valence-electron chi connectivity index (χ3n) is 2.97. The van der Waals surface area contributed by atoms with Crippen LogP contribution in [0.3, 0.4) is 0 Å². The number of nitriles is 1. The SMILES string of the molecule is CC(C)(C#N)c1ccc(NCc2cc(Br)cs2)cc1. The van der Waals surface area contributed by atoms with Crippen molar-refractivity contribution in [2.75, 3.05) is 5.32 Å². The minimum atomic E-state index is -0.433. The fourth-order valence-corrected chi connectivity index (χ4v) is 3.10. The molecule has 1 aromatic carbocycles. The van der Waals surface area contributed by atoms with Gasteiger partial charge in [0.1, 0.15) is 0 Å². The molecule has 2 aromatic rings. The largest absolute Gasteiger partial charge is 0.380 e. The minimum absolute atomic E-state index is 0.433. The van der Waals surface area contributed by atoms with Crippen molar-refractivity contribution in [2.45, 2.75) is 25.8 Å². The maximum atomic E-state index is 9.10. The Morgan fingerprint density at radius 1 is 1.32 bits per heavy atom. The maximum absolute atomic E-state index is 9.10. The summed E-state index contributed by atoms with van der Waals surface area (Å²) in [5.74, 6) is 0. The van der Waals surface area contributed by atoms with E-state index in [1.807, 2.05) is 38.1 Å². The molecule has 1 heterocycles. The molecule has 0 saturated heterocycles. The van der Waals surface area contributed by atoms with E-state index in [9.17, 15) is 0 Å². The predicted octanol–water partition coefficient (Wildman–Crippen LogP) is 4.92. The highest BCUT2D eigenvalue weighted by Crippen LogP contribution is 2.24. The van der Waals surface area contributed by atoms with Crippen LogP contribution in [0.1, 0.15) is 24.3 Å². The monoisotopic (exact) mass is 334 g/mol. The number of anilines is 1. The van der Waals surface area contributed by atoms with Crippen LogP contribution >= 0.6 is 27.3 Å². The molecule has 0 bridgehead atoms. The minimum Gasteiger partial charge on any atom is -0.380 e. The molecule has 0 spiro atoms. The lowest BCUT2D eigenvalue weighted by Crippen LogP contribution is -2.13. The maximum Gasteiger partial charge on any atom is 0.0766 e. The van der Waals surface area contributed by atoms with Crippen molar-refractivity contribution in [1.29, 1.82) is 5.26 Å². The second-order valence-corrected chi connectivity index (χ2v) is 6.81. The summed E-state index contributed by atoms with van der Waals surface area (Å²) >= 11 is 5.18. The number of halogens is 1. The summed E-state index contributed by atoms with van der Waals surface area (Å²) in [4.78, 5) is 1.29. The van der Waals surface area contributed by atoms with E-state index >= 15 is 0 Å². The second-order valence-electron chi connectivity index (χ2n) is 4.90. The third kappa shape index (κ3) is 3.59. The van der Waals surface area contributed by atoms with Crippen molar-refractivity contribution in [3.05, 3.63) is 50.6 Å². The van der Waals surface area contributed by atoms with E-state index in [1.165, 1.54) is 4.88 Å². The van der Waals surface area contributed by atoms with Crippen molar-refractivity contribution in [3.63, 3.8) is 0 Å². The molecule has 0 saturated carbocycles. The number of nitrogens with one attached hydrogen (secondary N) is 1. The smallest absolute Gasteiger partial charge is 0.0766 e. The van der Waals surface area contributed by atoms with Gasteiger partial charge in [-0.1, -0.05) is 12.1 Å². The summed E-state index contributed by atoms with van der Waals surface area (Å²) in [6, 6.07) is 12.5. The van der Waals surface area contributed by atoms with Crippen LogP contribution < -0.4 is 5.32 Å². The molecule has 1 N–H and O–H groups in total. The summed E-state index contributed by atoms with van der Waals surface area (Å²) in [7, 11) is 0. The number of nitrogens with zero attached hydrogens (tertiary/aromatic N) is 1. The van der Waals surface area contributed by atoms with Gasteiger partial charge >= 0.3 is 0 Å². The number of benzene rings is 1. The van der Waals surface area contributed by atoms with Gasteiger partial charge in [0.15, 0.2) is 0 Å². The highest BCUT2D eigenvalue weighted by molar-refractivity contribution is 9.10. The second kappa shape index (κ2) is 5.77. The lowest BCUT2D eigenvalue weighted by molar-refractivity contribution is 0.687. The zero-order chi connectivity index (χ0) is 13.9.